The Morgan fingerprint density at radius 3 is 2.24 bits per heavy atom. The quantitative estimate of drug-likeness (QED) is 0.466. The standard InChI is InChI=1S/C12H28N2O2S/c1-4-6-8-11(5-2)12(14-13)9-7-10-17(3,15)16/h11-12,14H,4-10,13H2,1-3H3. The van der Waals surface area contributed by atoms with Gasteiger partial charge in [-0.05, 0) is 25.2 Å². The third-order valence-corrected chi connectivity index (χ3v) is 4.30. The largest absolute Gasteiger partial charge is 0.271 e. The molecule has 4 nitrogen and oxygen atoms in total. The molecule has 2 unspecified atom stereocenters. The Kier molecular flexibility index (Phi) is 8.82. The van der Waals surface area contributed by atoms with E-state index in [4.69, 9.17) is 5.84 Å². The van der Waals surface area contributed by atoms with Gasteiger partial charge in [0.1, 0.15) is 9.84 Å². The van der Waals surface area contributed by atoms with Crippen LogP contribution in [0.1, 0.15) is 52.4 Å². The first-order chi connectivity index (χ1) is 7.94. The summed E-state index contributed by atoms with van der Waals surface area (Å²) in [5.74, 6) is 6.39. The average Bonchev–Trinajstić information content (AvgIpc) is 2.25. The Labute approximate surface area is 106 Å². The Morgan fingerprint density at radius 1 is 1.18 bits per heavy atom. The lowest BCUT2D eigenvalue weighted by Gasteiger charge is -2.25. The molecule has 0 aromatic rings. The van der Waals surface area contributed by atoms with Gasteiger partial charge in [-0.2, -0.15) is 0 Å². The minimum atomic E-state index is -2.85. The maximum atomic E-state index is 11.1. The first-order valence-corrected chi connectivity index (χ1v) is 8.64. The predicted molar refractivity (Wildman–Crippen MR) is 73.4 cm³/mol. The van der Waals surface area contributed by atoms with E-state index >= 15 is 0 Å². The topological polar surface area (TPSA) is 72.2 Å². The molecule has 0 heterocycles. The van der Waals surface area contributed by atoms with E-state index in [2.05, 4.69) is 19.3 Å². The van der Waals surface area contributed by atoms with E-state index in [1.807, 2.05) is 0 Å². The van der Waals surface area contributed by atoms with Gasteiger partial charge in [-0.1, -0.05) is 33.1 Å². The van der Waals surface area contributed by atoms with Crippen molar-refractivity contribution < 1.29 is 8.42 Å². The number of hydrogen-bond acceptors (Lipinski definition) is 4. The Balaban J connectivity index is 4.10. The monoisotopic (exact) mass is 264 g/mol. The Bertz CT molecular complexity index is 278. The highest BCUT2D eigenvalue weighted by Gasteiger charge is 2.18. The second-order valence-electron chi connectivity index (χ2n) is 4.86. The summed E-state index contributed by atoms with van der Waals surface area (Å²) in [7, 11) is -2.85. The number of hydrazine groups is 1. The summed E-state index contributed by atoms with van der Waals surface area (Å²) in [5, 5.41) is 0. The molecule has 0 aromatic carbocycles. The van der Waals surface area contributed by atoms with Gasteiger partial charge in [-0.3, -0.25) is 11.3 Å². The fraction of sp³-hybridized carbons (Fsp3) is 1.00. The lowest BCUT2D eigenvalue weighted by molar-refractivity contribution is 0.304. The van der Waals surface area contributed by atoms with Crippen LogP contribution in [-0.2, 0) is 9.84 Å². The SMILES string of the molecule is CCCCC(CC)C(CCCS(C)(=O)=O)NN. The normalized spacial score (nSPS) is 15.8. The summed E-state index contributed by atoms with van der Waals surface area (Å²) in [6.07, 6.45) is 7.47. The maximum absolute atomic E-state index is 11.1. The number of nitrogens with two attached hydrogens (primary N) is 1. The molecule has 0 spiro atoms. The van der Waals surface area contributed by atoms with Crippen molar-refractivity contribution >= 4 is 9.84 Å². The van der Waals surface area contributed by atoms with E-state index in [9.17, 15) is 8.42 Å². The van der Waals surface area contributed by atoms with Crippen molar-refractivity contribution in [2.75, 3.05) is 12.0 Å². The summed E-state index contributed by atoms with van der Waals surface area (Å²) in [6.45, 7) is 4.35. The summed E-state index contributed by atoms with van der Waals surface area (Å²) in [6, 6.07) is 0.244. The molecule has 0 fully saturated rings. The number of nitrogens with one attached hydrogen (secondary N) is 1. The number of unbranched alkanes of at least 4 members (excludes halogenated alkanes) is 1. The Hall–Kier alpha value is -0.130. The second kappa shape index (κ2) is 8.89. The molecule has 0 aliphatic carbocycles. The van der Waals surface area contributed by atoms with Crippen LogP contribution in [-0.4, -0.2) is 26.5 Å². The van der Waals surface area contributed by atoms with E-state index in [1.54, 1.807) is 0 Å². The lowest BCUT2D eigenvalue weighted by Crippen LogP contribution is -2.41. The highest BCUT2D eigenvalue weighted by atomic mass is 32.2. The zero-order valence-corrected chi connectivity index (χ0v) is 12.2. The molecule has 0 radical (unpaired) electrons. The van der Waals surface area contributed by atoms with Gasteiger partial charge in [0.25, 0.3) is 0 Å². The first-order valence-electron chi connectivity index (χ1n) is 6.58. The molecule has 0 aromatic heterocycles. The molecular weight excluding hydrogens is 236 g/mol. The molecule has 5 heteroatoms. The van der Waals surface area contributed by atoms with Crippen molar-refractivity contribution in [3.8, 4) is 0 Å². The molecule has 0 aliphatic heterocycles. The van der Waals surface area contributed by atoms with Crippen LogP contribution in [0.2, 0.25) is 0 Å². The lowest BCUT2D eigenvalue weighted by atomic mass is 9.89. The molecular formula is C12H28N2O2S. The summed E-state index contributed by atoms with van der Waals surface area (Å²) < 4.78 is 22.1. The van der Waals surface area contributed by atoms with Crippen molar-refractivity contribution in [1.82, 2.24) is 5.43 Å². The van der Waals surface area contributed by atoms with Crippen molar-refractivity contribution in [2.45, 2.75) is 58.4 Å². The smallest absolute Gasteiger partial charge is 0.147 e. The van der Waals surface area contributed by atoms with Gasteiger partial charge < -0.3 is 0 Å². The minimum Gasteiger partial charge on any atom is -0.271 e. The van der Waals surface area contributed by atoms with Gasteiger partial charge in [0.05, 0.1) is 0 Å². The predicted octanol–water partition coefficient (Wildman–Crippen LogP) is 1.86. The Morgan fingerprint density at radius 2 is 1.82 bits per heavy atom. The second-order valence-corrected chi connectivity index (χ2v) is 7.12. The van der Waals surface area contributed by atoms with Crippen molar-refractivity contribution in [2.24, 2.45) is 11.8 Å². The zero-order valence-electron chi connectivity index (χ0n) is 11.4. The molecule has 2 atom stereocenters. The zero-order chi connectivity index (χ0) is 13.3. The fourth-order valence-electron chi connectivity index (χ4n) is 2.18. The number of rotatable bonds is 10. The van der Waals surface area contributed by atoms with Gasteiger partial charge in [0, 0.05) is 18.1 Å². The summed E-state index contributed by atoms with van der Waals surface area (Å²) >= 11 is 0. The molecule has 0 bridgehead atoms. The van der Waals surface area contributed by atoms with Crippen molar-refractivity contribution in [3.63, 3.8) is 0 Å². The summed E-state index contributed by atoms with van der Waals surface area (Å²) in [4.78, 5) is 0. The first kappa shape index (κ1) is 16.9. The van der Waals surface area contributed by atoms with Crippen LogP contribution in [0, 0.1) is 5.92 Å². The highest BCUT2D eigenvalue weighted by molar-refractivity contribution is 7.90. The molecule has 17 heavy (non-hydrogen) atoms. The van der Waals surface area contributed by atoms with E-state index < -0.39 is 9.84 Å². The summed E-state index contributed by atoms with van der Waals surface area (Å²) in [5.41, 5.74) is 2.85. The van der Waals surface area contributed by atoms with Gasteiger partial charge in [-0.25, -0.2) is 8.42 Å². The van der Waals surface area contributed by atoms with E-state index in [-0.39, 0.29) is 11.8 Å². The van der Waals surface area contributed by atoms with Gasteiger partial charge in [-0.15, -0.1) is 0 Å². The van der Waals surface area contributed by atoms with Crippen LogP contribution in [0.5, 0.6) is 0 Å². The van der Waals surface area contributed by atoms with Crippen LogP contribution >= 0.6 is 0 Å². The van der Waals surface area contributed by atoms with E-state index in [0.717, 1.165) is 12.8 Å². The average molecular weight is 264 g/mol. The third kappa shape index (κ3) is 8.57. The fourth-order valence-corrected chi connectivity index (χ4v) is 2.87. The molecule has 0 rings (SSSR count). The molecule has 3 N–H and O–H groups in total. The van der Waals surface area contributed by atoms with Crippen molar-refractivity contribution in [1.29, 1.82) is 0 Å². The van der Waals surface area contributed by atoms with Gasteiger partial charge in [0.2, 0.25) is 0 Å². The molecule has 0 saturated carbocycles. The van der Waals surface area contributed by atoms with Crippen LogP contribution in [0.15, 0.2) is 0 Å². The van der Waals surface area contributed by atoms with Crippen LogP contribution < -0.4 is 11.3 Å². The van der Waals surface area contributed by atoms with Crippen molar-refractivity contribution in [3.05, 3.63) is 0 Å². The maximum Gasteiger partial charge on any atom is 0.147 e. The van der Waals surface area contributed by atoms with Crippen LogP contribution in [0.25, 0.3) is 0 Å². The van der Waals surface area contributed by atoms with Crippen LogP contribution in [0.4, 0.5) is 0 Å². The number of hydrogen-bond donors (Lipinski definition) is 2. The van der Waals surface area contributed by atoms with E-state index in [0.29, 0.717) is 12.3 Å². The third-order valence-electron chi connectivity index (χ3n) is 3.27. The van der Waals surface area contributed by atoms with E-state index in [1.165, 1.54) is 25.5 Å². The van der Waals surface area contributed by atoms with Gasteiger partial charge in [0.15, 0.2) is 0 Å². The van der Waals surface area contributed by atoms with Crippen LogP contribution in [0.3, 0.4) is 0 Å². The highest BCUT2D eigenvalue weighted by Crippen LogP contribution is 2.20. The molecule has 0 saturated heterocycles. The molecule has 0 amide bonds. The van der Waals surface area contributed by atoms with Gasteiger partial charge >= 0.3 is 0 Å². The minimum absolute atomic E-state index is 0.244. The number of sulfone groups is 1. The molecule has 0 aliphatic rings. The molecule has 104 valence electrons.